The number of hydrogen-bond donors (Lipinski definition) is 2. The van der Waals surface area contributed by atoms with Crippen LogP contribution < -0.4 is 0 Å². The summed E-state index contributed by atoms with van der Waals surface area (Å²) in [6, 6.07) is 0. The molecule has 0 spiro atoms. The summed E-state index contributed by atoms with van der Waals surface area (Å²) in [6.45, 7) is 9.62. The van der Waals surface area contributed by atoms with Gasteiger partial charge in [-0.15, -0.1) is 0 Å². The van der Waals surface area contributed by atoms with E-state index in [9.17, 15) is 10.2 Å². The van der Waals surface area contributed by atoms with Crippen molar-refractivity contribution >= 4 is 0 Å². The molecule has 2 N–H and O–H groups in total. The monoisotopic (exact) mass is 201 g/mol. The summed E-state index contributed by atoms with van der Waals surface area (Å²) in [5.41, 5.74) is -0.189. The molecule has 1 aliphatic heterocycles. The molecule has 0 aromatic rings. The van der Waals surface area contributed by atoms with Crippen molar-refractivity contribution < 1.29 is 10.2 Å². The molecule has 0 aromatic heterocycles. The summed E-state index contributed by atoms with van der Waals surface area (Å²) < 4.78 is 0. The molecule has 1 heterocycles. The van der Waals surface area contributed by atoms with Gasteiger partial charge < -0.3 is 10.2 Å². The number of nitrogens with zero attached hydrogens (tertiary/aromatic N) is 1. The Hall–Kier alpha value is -0.120. The van der Waals surface area contributed by atoms with E-state index in [1.807, 2.05) is 6.92 Å². The zero-order chi connectivity index (χ0) is 10.9. The molecule has 3 nitrogen and oxygen atoms in total. The molecule has 1 saturated heterocycles. The van der Waals surface area contributed by atoms with E-state index in [2.05, 4.69) is 25.7 Å². The van der Waals surface area contributed by atoms with Crippen molar-refractivity contribution in [1.82, 2.24) is 4.90 Å². The predicted octanol–water partition coefficient (Wildman–Crippen LogP) is 0.849. The first-order chi connectivity index (χ1) is 6.41. The average Bonchev–Trinajstić information content (AvgIpc) is 2.45. The van der Waals surface area contributed by atoms with E-state index in [0.717, 1.165) is 13.0 Å². The van der Waals surface area contributed by atoms with Gasteiger partial charge in [0.05, 0.1) is 12.2 Å². The lowest BCUT2D eigenvalue weighted by atomic mass is 9.91. The first-order valence-electron chi connectivity index (χ1n) is 5.53. The summed E-state index contributed by atoms with van der Waals surface area (Å²) >= 11 is 0. The molecule has 0 amide bonds. The number of aliphatic hydroxyl groups is 2. The van der Waals surface area contributed by atoms with Gasteiger partial charge in [-0.05, 0) is 26.2 Å². The minimum Gasteiger partial charge on any atom is -0.391 e. The highest BCUT2D eigenvalue weighted by molar-refractivity contribution is 4.95. The molecular formula is C11H23NO2. The third-order valence-electron chi connectivity index (χ3n) is 3.91. The van der Waals surface area contributed by atoms with Crippen molar-refractivity contribution in [2.45, 2.75) is 51.9 Å². The van der Waals surface area contributed by atoms with Gasteiger partial charge in [-0.25, -0.2) is 0 Å². The van der Waals surface area contributed by atoms with Gasteiger partial charge in [0.25, 0.3) is 0 Å². The molecule has 3 heteroatoms. The first kappa shape index (κ1) is 12.0. The van der Waals surface area contributed by atoms with E-state index in [-0.39, 0.29) is 17.7 Å². The molecule has 4 unspecified atom stereocenters. The Morgan fingerprint density at radius 3 is 2.36 bits per heavy atom. The second-order valence-corrected chi connectivity index (χ2v) is 4.84. The van der Waals surface area contributed by atoms with Crippen LogP contribution in [0.15, 0.2) is 0 Å². The summed E-state index contributed by atoms with van der Waals surface area (Å²) in [7, 11) is 0. The highest BCUT2D eigenvalue weighted by Gasteiger charge is 2.41. The van der Waals surface area contributed by atoms with Crippen LogP contribution in [0.2, 0.25) is 0 Å². The maximum atomic E-state index is 9.78. The Kier molecular flexibility index (Phi) is 3.56. The zero-order valence-corrected chi connectivity index (χ0v) is 9.70. The predicted molar refractivity (Wildman–Crippen MR) is 57.1 cm³/mol. The number of aliphatic hydroxyl groups excluding tert-OH is 2. The van der Waals surface area contributed by atoms with Crippen LogP contribution in [0, 0.1) is 5.92 Å². The molecule has 84 valence electrons. The second-order valence-electron chi connectivity index (χ2n) is 4.84. The quantitative estimate of drug-likeness (QED) is 0.711. The smallest absolute Gasteiger partial charge is 0.0705 e. The molecule has 1 fully saturated rings. The molecule has 0 aliphatic carbocycles. The van der Waals surface area contributed by atoms with Crippen LogP contribution in [0.5, 0.6) is 0 Å². The van der Waals surface area contributed by atoms with E-state index < -0.39 is 0 Å². The highest BCUT2D eigenvalue weighted by Crippen LogP contribution is 2.30. The van der Waals surface area contributed by atoms with Crippen LogP contribution in [-0.2, 0) is 0 Å². The van der Waals surface area contributed by atoms with Crippen molar-refractivity contribution in [2.24, 2.45) is 5.92 Å². The first-order valence-corrected chi connectivity index (χ1v) is 5.53. The lowest BCUT2D eigenvalue weighted by molar-refractivity contribution is -0.00754. The van der Waals surface area contributed by atoms with Gasteiger partial charge in [0, 0.05) is 18.6 Å². The van der Waals surface area contributed by atoms with E-state index >= 15 is 0 Å². The van der Waals surface area contributed by atoms with Crippen molar-refractivity contribution in [3.8, 4) is 0 Å². The van der Waals surface area contributed by atoms with E-state index in [0.29, 0.717) is 12.5 Å². The fourth-order valence-corrected chi connectivity index (χ4v) is 2.15. The van der Waals surface area contributed by atoms with Gasteiger partial charge in [0.2, 0.25) is 0 Å². The SMILES string of the molecule is CCC(C)(C(C)O)N1CC(C)C(O)C1. The van der Waals surface area contributed by atoms with Crippen molar-refractivity contribution in [2.75, 3.05) is 13.1 Å². The lowest BCUT2D eigenvalue weighted by Crippen LogP contribution is -2.52. The number of likely N-dealkylation sites (tertiary alicyclic amines) is 1. The Morgan fingerprint density at radius 1 is 1.50 bits per heavy atom. The average molecular weight is 201 g/mol. The fraction of sp³-hybridized carbons (Fsp3) is 1.00. The summed E-state index contributed by atoms with van der Waals surface area (Å²) in [5.74, 6) is 0.319. The third-order valence-corrected chi connectivity index (χ3v) is 3.91. The van der Waals surface area contributed by atoms with E-state index in [1.165, 1.54) is 0 Å². The van der Waals surface area contributed by atoms with Gasteiger partial charge >= 0.3 is 0 Å². The molecule has 1 rings (SSSR count). The van der Waals surface area contributed by atoms with Crippen molar-refractivity contribution in [3.63, 3.8) is 0 Å². The Labute approximate surface area is 86.7 Å². The molecular weight excluding hydrogens is 178 g/mol. The fourth-order valence-electron chi connectivity index (χ4n) is 2.15. The Bertz CT molecular complexity index is 186. The molecule has 0 radical (unpaired) electrons. The summed E-state index contributed by atoms with van der Waals surface area (Å²) in [5, 5.41) is 19.5. The number of hydrogen-bond acceptors (Lipinski definition) is 3. The van der Waals surface area contributed by atoms with Gasteiger partial charge in [0.15, 0.2) is 0 Å². The van der Waals surface area contributed by atoms with Gasteiger partial charge in [-0.1, -0.05) is 13.8 Å². The van der Waals surface area contributed by atoms with E-state index in [1.54, 1.807) is 0 Å². The zero-order valence-electron chi connectivity index (χ0n) is 9.70. The Morgan fingerprint density at radius 2 is 2.07 bits per heavy atom. The molecule has 0 saturated carbocycles. The van der Waals surface area contributed by atoms with E-state index in [4.69, 9.17) is 0 Å². The maximum Gasteiger partial charge on any atom is 0.0705 e. The molecule has 14 heavy (non-hydrogen) atoms. The third kappa shape index (κ3) is 1.95. The van der Waals surface area contributed by atoms with Crippen LogP contribution in [0.1, 0.15) is 34.1 Å². The van der Waals surface area contributed by atoms with Gasteiger partial charge in [-0.3, -0.25) is 4.90 Å². The topological polar surface area (TPSA) is 43.7 Å². The van der Waals surface area contributed by atoms with Crippen molar-refractivity contribution in [1.29, 1.82) is 0 Å². The molecule has 0 bridgehead atoms. The van der Waals surface area contributed by atoms with Gasteiger partial charge in [0.1, 0.15) is 0 Å². The minimum absolute atomic E-state index is 0.189. The Balaban J connectivity index is 2.72. The normalized spacial score (nSPS) is 35.6. The number of β-amino-alcohol motifs (C(OH)–C–C–N with tert-alkyl or cyclic N) is 1. The molecule has 1 aliphatic rings. The summed E-state index contributed by atoms with van der Waals surface area (Å²) in [6.07, 6.45) is 0.314. The van der Waals surface area contributed by atoms with Crippen LogP contribution in [0.3, 0.4) is 0 Å². The number of rotatable bonds is 3. The standard InChI is InChI=1S/C11H23NO2/c1-5-11(4,9(3)13)12-6-8(2)10(14)7-12/h8-10,13-14H,5-7H2,1-4H3. The second kappa shape index (κ2) is 4.17. The summed E-state index contributed by atoms with van der Waals surface area (Å²) in [4.78, 5) is 2.22. The van der Waals surface area contributed by atoms with Crippen LogP contribution in [-0.4, -0.2) is 45.9 Å². The largest absolute Gasteiger partial charge is 0.391 e. The lowest BCUT2D eigenvalue weighted by Gasteiger charge is -2.40. The van der Waals surface area contributed by atoms with Crippen LogP contribution in [0.4, 0.5) is 0 Å². The van der Waals surface area contributed by atoms with Crippen LogP contribution in [0.25, 0.3) is 0 Å². The maximum absolute atomic E-state index is 9.78. The molecule has 4 atom stereocenters. The van der Waals surface area contributed by atoms with Crippen LogP contribution >= 0.6 is 0 Å². The molecule has 0 aromatic carbocycles. The van der Waals surface area contributed by atoms with Gasteiger partial charge in [-0.2, -0.15) is 0 Å². The van der Waals surface area contributed by atoms with Crippen molar-refractivity contribution in [3.05, 3.63) is 0 Å². The highest BCUT2D eigenvalue weighted by atomic mass is 16.3. The minimum atomic E-state index is -0.356.